The summed E-state index contributed by atoms with van der Waals surface area (Å²) in [4.78, 5) is 5.21. The molecule has 8 rings (SSSR count). The predicted octanol–water partition coefficient (Wildman–Crippen LogP) is 6.85. The van der Waals surface area contributed by atoms with E-state index in [0.717, 1.165) is 0 Å². The zero-order chi connectivity index (χ0) is 25.4. The van der Waals surface area contributed by atoms with E-state index in [9.17, 15) is 0 Å². The normalized spacial score (nSPS) is 16.7. The van der Waals surface area contributed by atoms with Crippen molar-refractivity contribution in [2.45, 2.75) is 20.0 Å². The smallest absolute Gasteiger partial charge is 0.266 e. The Hall–Kier alpha value is -4.50. The topological polar surface area (TPSA) is 6.48 Å². The Labute approximate surface area is 224 Å². The van der Waals surface area contributed by atoms with Crippen molar-refractivity contribution in [2.75, 3.05) is 9.80 Å². The molecule has 5 aromatic carbocycles. The van der Waals surface area contributed by atoms with Crippen molar-refractivity contribution >= 4 is 34.7 Å². The summed E-state index contributed by atoms with van der Waals surface area (Å²) in [5, 5.41) is 0. The van der Waals surface area contributed by atoms with Crippen LogP contribution in [-0.2, 0) is 0 Å². The maximum Gasteiger partial charge on any atom is 0.266 e. The quantitative estimate of drug-likeness (QED) is 0.239. The number of fused-ring (bicyclic) bond motifs is 10. The molecule has 3 aliphatic heterocycles. The fourth-order valence-corrected chi connectivity index (χ4v) is 7.06. The lowest BCUT2D eigenvalue weighted by Gasteiger charge is -2.36. The highest BCUT2D eigenvalue weighted by atomic mass is 15.4. The largest absolute Gasteiger partial charge is 0.329 e. The van der Waals surface area contributed by atoms with Gasteiger partial charge in [0.1, 0.15) is 6.17 Å². The Bertz CT molecular complexity index is 1780. The van der Waals surface area contributed by atoms with Gasteiger partial charge < -0.3 is 9.80 Å². The van der Waals surface area contributed by atoms with Crippen LogP contribution in [0.4, 0.5) is 11.4 Å². The SMILES string of the molecule is Cc1ccccc1N1C2=C3B(c4ccccc42)c2ccccc2-c2ccccc2-c2ccccc2N3[C@@H]1C. The molecule has 5 aromatic rings. The second-order valence-corrected chi connectivity index (χ2v) is 10.6. The number of hydrogen-bond donors (Lipinski definition) is 0. The highest BCUT2D eigenvalue weighted by Crippen LogP contribution is 2.50. The maximum atomic E-state index is 2.63. The van der Waals surface area contributed by atoms with Crippen molar-refractivity contribution in [3.8, 4) is 22.3 Å². The number of nitrogens with zero attached hydrogens (tertiary/aromatic N) is 2. The lowest BCUT2D eigenvalue weighted by atomic mass is 9.39. The molecule has 0 aromatic heterocycles. The fourth-order valence-electron chi connectivity index (χ4n) is 7.06. The van der Waals surface area contributed by atoms with Gasteiger partial charge >= 0.3 is 0 Å². The van der Waals surface area contributed by atoms with Gasteiger partial charge in [-0.1, -0.05) is 120 Å². The van der Waals surface area contributed by atoms with Crippen LogP contribution in [0.5, 0.6) is 0 Å². The van der Waals surface area contributed by atoms with Crippen LogP contribution in [0, 0.1) is 6.92 Å². The first-order valence-electron chi connectivity index (χ1n) is 13.5. The molecule has 0 N–H and O–H groups in total. The standard InChI is InChI=1S/C35H27BN2/c1-23-13-3-11-21-32(23)37-24(2)38-33-22-12-8-17-28(33)26-15-5-4-14-25(26)27-16-6-9-19-30(27)36-31-20-10-7-18-29(31)34(37)35(36)38/h3-22,24H,1-2H3/t24-/m1/s1. The summed E-state index contributed by atoms with van der Waals surface area (Å²) in [7, 11) is 0. The second kappa shape index (κ2) is 8.00. The van der Waals surface area contributed by atoms with E-state index in [-0.39, 0.29) is 12.9 Å². The summed E-state index contributed by atoms with van der Waals surface area (Å²) in [5.74, 6) is 0. The van der Waals surface area contributed by atoms with Crippen molar-refractivity contribution in [1.82, 2.24) is 0 Å². The molecule has 0 bridgehead atoms. The molecule has 1 atom stereocenters. The number of para-hydroxylation sites is 2. The van der Waals surface area contributed by atoms with Crippen LogP contribution >= 0.6 is 0 Å². The first kappa shape index (κ1) is 21.6. The Kier molecular flexibility index (Phi) is 4.54. The number of hydrogen-bond acceptors (Lipinski definition) is 2. The summed E-state index contributed by atoms with van der Waals surface area (Å²) >= 11 is 0. The molecule has 0 saturated carbocycles. The predicted molar refractivity (Wildman–Crippen MR) is 161 cm³/mol. The molecular formula is C35H27BN2. The number of anilines is 2. The van der Waals surface area contributed by atoms with Gasteiger partial charge in [0, 0.05) is 22.5 Å². The van der Waals surface area contributed by atoms with E-state index in [4.69, 9.17) is 0 Å². The molecule has 0 aliphatic carbocycles. The van der Waals surface area contributed by atoms with Crippen molar-refractivity contribution in [1.29, 1.82) is 0 Å². The third kappa shape index (κ3) is 2.79. The van der Waals surface area contributed by atoms with Crippen molar-refractivity contribution in [3.05, 3.63) is 138 Å². The van der Waals surface area contributed by atoms with Crippen molar-refractivity contribution in [3.63, 3.8) is 0 Å². The molecule has 2 nitrogen and oxygen atoms in total. The van der Waals surface area contributed by atoms with Crippen LogP contribution < -0.4 is 20.7 Å². The Balaban J connectivity index is 1.54. The van der Waals surface area contributed by atoms with Crippen molar-refractivity contribution < 1.29 is 0 Å². The molecule has 0 fully saturated rings. The highest BCUT2D eigenvalue weighted by Gasteiger charge is 2.50. The van der Waals surface area contributed by atoms with Crippen molar-refractivity contribution in [2.24, 2.45) is 0 Å². The molecular weight excluding hydrogens is 459 g/mol. The molecule has 3 aliphatic rings. The van der Waals surface area contributed by atoms with Crippen LogP contribution in [0.2, 0.25) is 0 Å². The molecule has 0 unspecified atom stereocenters. The minimum Gasteiger partial charge on any atom is -0.329 e. The van der Waals surface area contributed by atoms with Gasteiger partial charge in [0.15, 0.2) is 0 Å². The summed E-state index contributed by atoms with van der Waals surface area (Å²) in [6.45, 7) is 4.73. The van der Waals surface area contributed by atoms with E-state index >= 15 is 0 Å². The van der Waals surface area contributed by atoms with E-state index in [1.807, 2.05) is 0 Å². The second-order valence-electron chi connectivity index (χ2n) is 10.6. The van der Waals surface area contributed by atoms with Crippen LogP contribution in [0.25, 0.3) is 28.0 Å². The van der Waals surface area contributed by atoms with Gasteiger partial charge in [0.25, 0.3) is 6.71 Å². The number of aryl methyl sites for hydroxylation is 1. The molecule has 0 saturated heterocycles. The average molecular weight is 486 g/mol. The van der Waals surface area contributed by atoms with Gasteiger partial charge in [0.2, 0.25) is 0 Å². The number of rotatable bonds is 1. The summed E-state index contributed by atoms with van der Waals surface area (Å²) in [5.41, 5.74) is 15.8. The molecule has 0 spiro atoms. The molecule has 180 valence electrons. The monoisotopic (exact) mass is 486 g/mol. The van der Waals surface area contributed by atoms with E-state index in [0.29, 0.717) is 0 Å². The first-order chi connectivity index (χ1) is 18.7. The Morgan fingerprint density at radius 1 is 0.500 bits per heavy atom. The zero-order valence-corrected chi connectivity index (χ0v) is 21.6. The molecule has 3 heterocycles. The van der Waals surface area contributed by atoms with Gasteiger partial charge in [-0.05, 0) is 53.8 Å². The van der Waals surface area contributed by atoms with Gasteiger partial charge in [0.05, 0.1) is 5.70 Å². The van der Waals surface area contributed by atoms with Crippen LogP contribution in [0.3, 0.4) is 0 Å². The van der Waals surface area contributed by atoms with Gasteiger partial charge in [-0.3, -0.25) is 0 Å². The molecule has 0 amide bonds. The lowest BCUT2D eigenvalue weighted by molar-refractivity contribution is 0.748. The van der Waals surface area contributed by atoms with E-state index in [1.54, 1.807) is 0 Å². The van der Waals surface area contributed by atoms with Gasteiger partial charge in [-0.15, -0.1) is 0 Å². The summed E-state index contributed by atoms with van der Waals surface area (Å²) < 4.78 is 0. The Morgan fingerprint density at radius 2 is 1.00 bits per heavy atom. The number of benzene rings is 5. The minimum absolute atomic E-state index is 0.121. The lowest BCUT2D eigenvalue weighted by Crippen LogP contribution is -2.50. The minimum atomic E-state index is 0.121. The fraction of sp³-hybridized carbons (Fsp3) is 0.0857. The molecule has 38 heavy (non-hydrogen) atoms. The van der Waals surface area contributed by atoms with E-state index in [1.165, 1.54) is 67.0 Å². The first-order valence-corrected chi connectivity index (χ1v) is 13.5. The van der Waals surface area contributed by atoms with E-state index < -0.39 is 0 Å². The molecule has 0 radical (unpaired) electrons. The zero-order valence-electron chi connectivity index (χ0n) is 21.6. The van der Waals surface area contributed by atoms with E-state index in [2.05, 4.69) is 145 Å². The van der Waals surface area contributed by atoms with Gasteiger partial charge in [-0.25, -0.2) is 0 Å². The van der Waals surface area contributed by atoms with Crippen LogP contribution in [-0.4, -0.2) is 12.9 Å². The van der Waals surface area contributed by atoms with Gasteiger partial charge in [-0.2, -0.15) is 0 Å². The average Bonchev–Trinajstić information content (AvgIpc) is 3.45. The van der Waals surface area contributed by atoms with Crippen LogP contribution in [0.15, 0.2) is 127 Å². The molecule has 3 heteroatoms. The Morgan fingerprint density at radius 3 is 1.71 bits per heavy atom. The summed E-state index contributed by atoms with van der Waals surface area (Å²) in [6.07, 6.45) is 0.121. The summed E-state index contributed by atoms with van der Waals surface area (Å²) in [6, 6.07) is 44.8. The highest BCUT2D eigenvalue weighted by molar-refractivity contribution is 6.95. The maximum absolute atomic E-state index is 2.63. The third-order valence-electron chi connectivity index (χ3n) is 8.61. The third-order valence-corrected chi connectivity index (χ3v) is 8.61. The van der Waals surface area contributed by atoms with Crippen LogP contribution in [0.1, 0.15) is 18.1 Å².